The molecule has 3 atom stereocenters. The number of hydrogen-bond acceptors (Lipinski definition) is 9. The average molecular weight is 673 g/mol. The van der Waals surface area contributed by atoms with Crippen molar-refractivity contribution >= 4 is 28.9 Å². The number of amides is 2. The van der Waals surface area contributed by atoms with Crippen LogP contribution in [0.4, 0.5) is 17.1 Å². The van der Waals surface area contributed by atoms with Gasteiger partial charge < -0.3 is 40.0 Å². The maximum atomic E-state index is 15.0. The Labute approximate surface area is 288 Å². The van der Waals surface area contributed by atoms with Crippen LogP contribution in [-0.2, 0) is 19.1 Å². The lowest BCUT2D eigenvalue weighted by Gasteiger charge is -2.43. The van der Waals surface area contributed by atoms with E-state index in [4.69, 9.17) is 19.9 Å². The number of aliphatic hydroxyl groups excluding tert-OH is 1. The van der Waals surface area contributed by atoms with Crippen molar-refractivity contribution in [2.45, 2.75) is 70.4 Å². The summed E-state index contributed by atoms with van der Waals surface area (Å²) in [6, 6.07) is 19.0. The van der Waals surface area contributed by atoms with Gasteiger partial charge in [0.1, 0.15) is 11.5 Å². The van der Waals surface area contributed by atoms with Crippen LogP contribution in [0.3, 0.4) is 0 Å². The fraction of sp³-hybridized carbons (Fsp3) is 0.474. The third-order valence-electron chi connectivity index (χ3n) is 9.45. The van der Waals surface area contributed by atoms with E-state index < -0.39 is 17.9 Å². The van der Waals surface area contributed by atoms with Crippen molar-refractivity contribution in [1.82, 2.24) is 4.90 Å². The van der Waals surface area contributed by atoms with Crippen molar-refractivity contribution in [3.63, 3.8) is 0 Å². The summed E-state index contributed by atoms with van der Waals surface area (Å²) in [6.07, 6.45) is 1.88. The van der Waals surface area contributed by atoms with Crippen LogP contribution in [0.1, 0.15) is 57.9 Å². The summed E-state index contributed by atoms with van der Waals surface area (Å²) in [5.74, 6) is -0.193. The number of ether oxygens (including phenoxy) is 3. The third kappa shape index (κ3) is 7.86. The van der Waals surface area contributed by atoms with Gasteiger partial charge in [0.2, 0.25) is 12.3 Å². The Bertz CT molecular complexity index is 1670. The Morgan fingerprint density at radius 3 is 2.57 bits per heavy atom. The van der Waals surface area contributed by atoms with Crippen LogP contribution < -0.4 is 20.3 Å². The van der Waals surface area contributed by atoms with Gasteiger partial charge in [-0.15, -0.1) is 0 Å². The minimum Gasteiger partial charge on any atom is -0.506 e. The minimum absolute atomic E-state index is 0.0200. The van der Waals surface area contributed by atoms with E-state index >= 15 is 0 Å². The second kappa shape index (κ2) is 14.4. The predicted molar refractivity (Wildman–Crippen MR) is 189 cm³/mol. The lowest BCUT2D eigenvalue weighted by molar-refractivity contribution is -0.245. The molecule has 0 radical (unpaired) electrons. The number of anilines is 3. The van der Waals surface area contributed by atoms with E-state index in [1.165, 1.54) is 0 Å². The fourth-order valence-corrected chi connectivity index (χ4v) is 6.87. The second-order valence-corrected chi connectivity index (χ2v) is 14.2. The van der Waals surface area contributed by atoms with E-state index in [0.717, 1.165) is 35.2 Å². The summed E-state index contributed by atoms with van der Waals surface area (Å²) >= 11 is 0. The number of phenolic OH excluding ortho intramolecular Hbond substituents is 1. The van der Waals surface area contributed by atoms with Gasteiger partial charge in [-0.2, -0.15) is 0 Å². The topological polar surface area (TPSA) is 138 Å². The number of rotatable bonds is 11. The molecule has 3 aliphatic rings. The molecule has 49 heavy (non-hydrogen) atoms. The zero-order chi connectivity index (χ0) is 34.9. The molecule has 4 N–H and O–H groups in total. The molecule has 1 aliphatic carbocycles. The lowest BCUT2D eigenvalue weighted by Crippen LogP contribution is -2.53. The molecule has 262 valence electrons. The molecule has 11 nitrogen and oxygen atoms in total. The van der Waals surface area contributed by atoms with Crippen LogP contribution in [0.5, 0.6) is 11.5 Å². The normalized spacial score (nSPS) is 20.4. The highest BCUT2D eigenvalue weighted by molar-refractivity contribution is 6.01. The summed E-state index contributed by atoms with van der Waals surface area (Å²) in [6.45, 7) is 7.49. The van der Waals surface area contributed by atoms with Crippen molar-refractivity contribution in [2.24, 2.45) is 5.92 Å². The molecule has 3 aromatic rings. The molecule has 0 aromatic heterocycles. The molecule has 2 amide bonds. The van der Waals surface area contributed by atoms with E-state index in [9.17, 15) is 19.8 Å². The summed E-state index contributed by atoms with van der Waals surface area (Å²) in [5.41, 5.74) is 9.70. The molecule has 2 fully saturated rings. The van der Waals surface area contributed by atoms with Crippen LogP contribution >= 0.6 is 0 Å². The number of nitrogens with zero attached hydrogens (tertiary/aromatic N) is 3. The number of benzene rings is 3. The number of methoxy groups -OCH3 is 1. The molecule has 0 spiro atoms. The number of aromatic hydroxyl groups is 1. The van der Waals surface area contributed by atoms with Gasteiger partial charge in [0.15, 0.2) is 6.61 Å². The molecule has 6 rings (SSSR count). The van der Waals surface area contributed by atoms with Crippen LogP contribution in [0, 0.1) is 5.92 Å². The largest absolute Gasteiger partial charge is 0.506 e. The number of nitrogens with two attached hydrogens (primary N) is 1. The van der Waals surface area contributed by atoms with Gasteiger partial charge in [0.25, 0.3) is 5.91 Å². The molecule has 0 bridgehead atoms. The Morgan fingerprint density at radius 2 is 1.86 bits per heavy atom. The SMILES string of the molecule is COCCCN1C(=O)COc2ccc(N(C(=O)[C@H]3CN(C(O)OC(C)(C)C)CC[C@@H]3c3cccc(-c4ccc(N)c(O)c4)c3)C3CC3)cc21. The third-order valence-corrected chi connectivity index (χ3v) is 9.45. The van der Waals surface area contributed by atoms with Crippen LogP contribution in [0.15, 0.2) is 60.7 Å². The monoisotopic (exact) mass is 672 g/mol. The summed E-state index contributed by atoms with van der Waals surface area (Å²) in [5, 5.41) is 21.4. The number of likely N-dealkylation sites (tertiary alicyclic amines) is 1. The first-order chi connectivity index (χ1) is 23.4. The standard InChI is InChI=1S/C38H48N4O7/c1-38(2,3)49-37(46)40-17-15-29(26-8-5-7-24(19-26)25-9-13-31(39)33(43)20-25)30(22-40)36(45)42(27-10-11-27)28-12-14-34-32(21-28)41(16-6-18-47-4)35(44)23-48-34/h5,7-9,12-14,19-21,27,29-30,37,43,46H,6,10-11,15-18,22-23,39H2,1-4H3/t29-,30+,37?/m1/s1. The van der Waals surface area contributed by atoms with Crippen molar-refractivity contribution in [1.29, 1.82) is 0 Å². The van der Waals surface area contributed by atoms with E-state index in [0.29, 0.717) is 56.2 Å². The Kier molecular flexibility index (Phi) is 10.2. The van der Waals surface area contributed by atoms with Gasteiger partial charge in [-0.25, -0.2) is 0 Å². The molecule has 2 aliphatic heterocycles. The van der Waals surface area contributed by atoms with E-state index in [1.54, 1.807) is 24.1 Å². The minimum atomic E-state index is -1.16. The quantitative estimate of drug-likeness (QED) is 0.110. The van der Waals surface area contributed by atoms with Gasteiger partial charge in [-0.05, 0) is 99.4 Å². The van der Waals surface area contributed by atoms with Crippen LogP contribution in [0.25, 0.3) is 11.1 Å². The Hall–Kier alpha value is -4.16. The van der Waals surface area contributed by atoms with E-state index in [1.807, 2.05) is 73.0 Å². The number of hydrogen-bond donors (Lipinski definition) is 3. The average Bonchev–Trinajstić information content (AvgIpc) is 3.91. The predicted octanol–water partition coefficient (Wildman–Crippen LogP) is 5.10. The summed E-state index contributed by atoms with van der Waals surface area (Å²) < 4.78 is 16.9. The highest BCUT2D eigenvalue weighted by Crippen LogP contribution is 2.43. The lowest BCUT2D eigenvalue weighted by atomic mass is 9.78. The molecule has 1 unspecified atom stereocenters. The zero-order valence-corrected chi connectivity index (χ0v) is 28.8. The summed E-state index contributed by atoms with van der Waals surface area (Å²) in [7, 11) is 1.64. The van der Waals surface area contributed by atoms with Crippen LogP contribution in [0.2, 0.25) is 0 Å². The van der Waals surface area contributed by atoms with E-state index in [-0.39, 0.29) is 36.1 Å². The molecule has 1 saturated carbocycles. The second-order valence-electron chi connectivity index (χ2n) is 14.2. The summed E-state index contributed by atoms with van der Waals surface area (Å²) in [4.78, 5) is 33.4. The van der Waals surface area contributed by atoms with Crippen molar-refractivity contribution < 1.29 is 34.0 Å². The van der Waals surface area contributed by atoms with Gasteiger partial charge in [0, 0.05) is 45.1 Å². The maximum Gasteiger partial charge on any atom is 0.265 e. The molecule has 3 aromatic carbocycles. The molecular weight excluding hydrogens is 624 g/mol. The number of phenols is 1. The number of fused-ring (bicyclic) bond motifs is 1. The first kappa shape index (κ1) is 34.7. The number of piperidine rings is 1. The van der Waals surface area contributed by atoms with Gasteiger partial charge >= 0.3 is 0 Å². The molecule has 11 heteroatoms. The van der Waals surface area contributed by atoms with Crippen molar-refractivity contribution in [3.8, 4) is 22.6 Å². The number of nitrogen functional groups attached to an aromatic ring is 1. The number of carbonyl (C=O) groups excluding carboxylic acids is 2. The van der Waals surface area contributed by atoms with Gasteiger partial charge in [-0.3, -0.25) is 14.5 Å². The van der Waals surface area contributed by atoms with Crippen molar-refractivity contribution in [2.75, 3.05) is 55.5 Å². The smallest absolute Gasteiger partial charge is 0.265 e. The van der Waals surface area contributed by atoms with Gasteiger partial charge in [0.05, 0.1) is 22.9 Å². The number of carbonyl (C=O) groups is 2. The first-order valence-electron chi connectivity index (χ1n) is 17.1. The van der Waals surface area contributed by atoms with Crippen molar-refractivity contribution in [3.05, 3.63) is 66.2 Å². The first-order valence-corrected chi connectivity index (χ1v) is 17.1. The Balaban J connectivity index is 1.35. The molecule has 2 heterocycles. The van der Waals surface area contributed by atoms with Gasteiger partial charge in [-0.1, -0.05) is 30.3 Å². The fourth-order valence-electron chi connectivity index (χ4n) is 6.87. The highest BCUT2D eigenvalue weighted by atomic mass is 16.6. The van der Waals surface area contributed by atoms with Crippen LogP contribution in [-0.4, -0.2) is 84.9 Å². The Morgan fingerprint density at radius 1 is 1.08 bits per heavy atom. The van der Waals surface area contributed by atoms with E-state index in [2.05, 4.69) is 6.07 Å². The molecule has 1 saturated heterocycles. The maximum absolute atomic E-state index is 15.0. The molecular formula is C38H48N4O7. The highest BCUT2D eigenvalue weighted by Gasteiger charge is 2.44. The number of aliphatic hydroxyl groups is 1. The zero-order valence-electron chi connectivity index (χ0n) is 28.8.